The van der Waals surface area contributed by atoms with Crippen LogP contribution in [0.5, 0.6) is 0 Å². The third kappa shape index (κ3) is 5.02. The molecule has 2 fully saturated rings. The second kappa shape index (κ2) is 9.94. The van der Waals surface area contributed by atoms with Gasteiger partial charge >= 0.3 is 0 Å². The number of nitrogens with one attached hydrogen (secondary N) is 2. The van der Waals surface area contributed by atoms with E-state index in [4.69, 9.17) is 16.3 Å². The Morgan fingerprint density at radius 1 is 1.24 bits per heavy atom. The van der Waals surface area contributed by atoms with Crippen molar-refractivity contribution in [1.29, 1.82) is 0 Å². The molecule has 1 unspecified atom stereocenters. The standard InChI is InChI=1S/C28H34ClN5O4/c1-5-28(4)16-34(13-24(36)33-9-7-23(35)27(2,3)15-33)22(14-38-28)26(37)32-20-11-17(29)10-19-18-6-8-30-12-21(18)31-25(19)20/h6,8,10-12,22,31H,5,7,9,13-16H2,1-4H3,(H,32,37)/t22-,28?/m0/s1. The Bertz CT molecular complexity index is 1420. The summed E-state index contributed by atoms with van der Waals surface area (Å²) < 4.78 is 6.14. The molecule has 5 rings (SSSR count). The predicted octanol–water partition coefficient (Wildman–Crippen LogP) is 4.01. The number of carbonyl (C=O) groups excluding carboxylic acids is 3. The third-order valence-corrected chi connectivity index (χ3v) is 8.21. The first-order valence-corrected chi connectivity index (χ1v) is 13.4. The first kappa shape index (κ1) is 26.6. The molecule has 4 heterocycles. The van der Waals surface area contributed by atoms with E-state index in [1.807, 2.05) is 44.7 Å². The fourth-order valence-electron chi connectivity index (χ4n) is 5.43. The molecule has 3 aromatic rings. The maximum Gasteiger partial charge on any atom is 0.244 e. The fraction of sp³-hybridized carbons (Fsp3) is 0.500. The number of aromatic nitrogens is 2. The Hall–Kier alpha value is -3.01. The number of benzene rings is 1. The van der Waals surface area contributed by atoms with Crippen molar-refractivity contribution in [3.8, 4) is 0 Å². The monoisotopic (exact) mass is 539 g/mol. The van der Waals surface area contributed by atoms with Crippen molar-refractivity contribution in [2.24, 2.45) is 5.41 Å². The van der Waals surface area contributed by atoms with Crippen LogP contribution in [-0.4, -0.2) is 81.8 Å². The quantitative estimate of drug-likeness (QED) is 0.507. The summed E-state index contributed by atoms with van der Waals surface area (Å²) in [6.45, 7) is 9.24. The molecule has 2 aromatic heterocycles. The number of nitrogens with zero attached hydrogens (tertiary/aromatic N) is 3. The van der Waals surface area contributed by atoms with E-state index in [2.05, 4.69) is 15.3 Å². The van der Waals surface area contributed by atoms with Crippen LogP contribution in [0.25, 0.3) is 21.8 Å². The molecule has 0 bridgehead atoms. The highest BCUT2D eigenvalue weighted by atomic mass is 35.5. The molecule has 0 aliphatic carbocycles. The highest BCUT2D eigenvalue weighted by Gasteiger charge is 2.42. The van der Waals surface area contributed by atoms with Gasteiger partial charge < -0.3 is 19.9 Å². The molecule has 1 aromatic carbocycles. The minimum Gasteiger partial charge on any atom is -0.372 e. The highest BCUT2D eigenvalue weighted by molar-refractivity contribution is 6.33. The molecule has 10 heteroatoms. The zero-order chi connectivity index (χ0) is 27.2. The van der Waals surface area contributed by atoms with E-state index >= 15 is 0 Å². The van der Waals surface area contributed by atoms with Crippen molar-refractivity contribution < 1.29 is 19.1 Å². The van der Waals surface area contributed by atoms with Crippen LogP contribution in [0.1, 0.15) is 40.5 Å². The number of morpholine rings is 1. The van der Waals surface area contributed by atoms with Crippen LogP contribution in [0.3, 0.4) is 0 Å². The van der Waals surface area contributed by atoms with Crippen LogP contribution in [0.15, 0.2) is 30.6 Å². The largest absolute Gasteiger partial charge is 0.372 e. The molecule has 2 amide bonds. The number of H-pyrrole nitrogens is 1. The second-order valence-electron chi connectivity index (χ2n) is 11.3. The number of pyridine rings is 1. The summed E-state index contributed by atoms with van der Waals surface area (Å²) in [6.07, 6.45) is 4.55. The number of rotatable bonds is 5. The van der Waals surface area contributed by atoms with Crippen LogP contribution in [-0.2, 0) is 19.1 Å². The lowest BCUT2D eigenvalue weighted by atomic mass is 9.82. The number of piperidine rings is 1. The normalized spacial score (nSPS) is 24.2. The lowest BCUT2D eigenvalue weighted by Crippen LogP contribution is -2.61. The zero-order valence-electron chi connectivity index (χ0n) is 22.3. The Balaban J connectivity index is 1.39. The van der Waals surface area contributed by atoms with Crippen LogP contribution in [0, 0.1) is 5.41 Å². The van der Waals surface area contributed by atoms with Crippen LogP contribution < -0.4 is 5.32 Å². The molecule has 0 spiro atoms. The van der Waals surface area contributed by atoms with Crippen molar-refractivity contribution >= 4 is 56.7 Å². The summed E-state index contributed by atoms with van der Waals surface area (Å²) in [4.78, 5) is 50.5. The van der Waals surface area contributed by atoms with E-state index < -0.39 is 17.1 Å². The molecule has 2 aliphatic rings. The summed E-state index contributed by atoms with van der Waals surface area (Å²) in [6, 6.07) is 4.81. The first-order valence-electron chi connectivity index (χ1n) is 13.0. The van der Waals surface area contributed by atoms with Gasteiger partial charge in [0.15, 0.2) is 0 Å². The minimum absolute atomic E-state index is 0.0737. The molecule has 38 heavy (non-hydrogen) atoms. The van der Waals surface area contributed by atoms with Gasteiger partial charge in [-0.1, -0.05) is 32.4 Å². The maximum absolute atomic E-state index is 13.7. The molecule has 0 radical (unpaired) electrons. The van der Waals surface area contributed by atoms with E-state index in [-0.39, 0.29) is 30.7 Å². The molecule has 2 aliphatic heterocycles. The molecular formula is C28H34ClN5O4. The second-order valence-corrected chi connectivity index (χ2v) is 11.8. The third-order valence-electron chi connectivity index (χ3n) is 7.99. The van der Waals surface area contributed by atoms with Crippen molar-refractivity contribution in [2.75, 3.05) is 38.1 Å². The van der Waals surface area contributed by atoms with Gasteiger partial charge in [0.05, 0.1) is 41.7 Å². The van der Waals surface area contributed by atoms with E-state index in [9.17, 15) is 14.4 Å². The van der Waals surface area contributed by atoms with Crippen molar-refractivity contribution in [1.82, 2.24) is 19.8 Å². The van der Waals surface area contributed by atoms with Gasteiger partial charge in [-0.2, -0.15) is 0 Å². The SMILES string of the molecule is CCC1(C)CN(CC(=O)N2CCC(=O)C(C)(C)C2)[C@H](C(=O)Nc2cc(Cl)cc3c2[nH]c2cnccc23)CO1. The number of ether oxygens (including phenoxy) is 1. The van der Waals surface area contributed by atoms with Gasteiger partial charge in [0.2, 0.25) is 11.8 Å². The minimum atomic E-state index is -0.668. The fourth-order valence-corrected chi connectivity index (χ4v) is 5.65. The summed E-state index contributed by atoms with van der Waals surface area (Å²) in [5, 5.41) is 5.38. The van der Waals surface area contributed by atoms with Gasteiger partial charge in [-0.25, -0.2) is 0 Å². The van der Waals surface area contributed by atoms with Gasteiger partial charge in [0, 0.05) is 53.5 Å². The van der Waals surface area contributed by atoms with Gasteiger partial charge in [-0.15, -0.1) is 0 Å². The van der Waals surface area contributed by atoms with E-state index in [0.29, 0.717) is 36.8 Å². The number of aromatic amines is 1. The summed E-state index contributed by atoms with van der Waals surface area (Å²) >= 11 is 6.43. The van der Waals surface area contributed by atoms with E-state index in [1.54, 1.807) is 23.4 Å². The maximum atomic E-state index is 13.7. The number of amides is 2. The number of fused-ring (bicyclic) bond motifs is 3. The topological polar surface area (TPSA) is 108 Å². The van der Waals surface area contributed by atoms with Gasteiger partial charge in [-0.3, -0.25) is 24.3 Å². The molecule has 0 saturated carbocycles. The van der Waals surface area contributed by atoms with Crippen LogP contribution >= 0.6 is 11.6 Å². The average molecular weight is 540 g/mol. The summed E-state index contributed by atoms with van der Waals surface area (Å²) in [5.41, 5.74) is 1.11. The number of halogens is 1. The van der Waals surface area contributed by atoms with Crippen molar-refractivity contribution in [3.05, 3.63) is 35.6 Å². The Morgan fingerprint density at radius 2 is 2.03 bits per heavy atom. The molecule has 2 atom stereocenters. The molecule has 2 saturated heterocycles. The van der Waals surface area contributed by atoms with E-state index in [0.717, 1.165) is 28.2 Å². The summed E-state index contributed by atoms with van der Waals surface area (Å²) in [7, 11) is 0. The van der Waals surface area contributed by atoms with Crippen molar-refractivity contribution in [2.45, 2.75) is 52.2 Å². The molecular weight excluding hydrogens is 506 g/mol. The zero-order valence-corrected chi connectivity index (χ0v) is 23.0. The predicted molar refractivity (Wildman–Crippen MR) is 147 cm³/mol. The Kier molecular flexibility index (Phi) is 6.96. The Morgan fingerprint density at radius 3 is 2.76 bits per heavy atom. The number of ketones is 1. The number of likely N-dealkylation sites (tertiary alicyclic amines) is 1. The first-order chi connectivity index (χ1) is 18.0. The smallest absolute Gasteiger partial charge is 0.244 e. The van der Waals surface area contributed by atoms with Gasteiger partial charge in [0.1, 0.15) is 11.8 Å². The summed E-state index contributed by atoms with van der Waals surface area (Å²) in [5.74, 6) is -0.188. The number of carbonyl (C=O) groups is 3. The van der Waals surface area contributed by atoms with Gasteiger partial charge in [0.25, 0.3) is 0 Å². The van der Waals surface area contributed by atoms with E-state index in [1.165, 1.54) is 0 Å². The van der Waals surface area contributed by atoms with Crippen LogP contribution in [0.2, 0.25) is 5.02 Å². The molecule has 2 N–H and O–H groups in total. The lowest BCUT2D eigenvalue weighted by molar-refractivity contribution is -0.155. The number of Topliss-reactive ketones (excluding diaryl/α,β-unsaturated/α-hetero) is 1. The number of hydrogen-bond acceptors (Lipinski definition) is 6. The average Bonchev–Trinajstić information content (AvgIpc) is 3.24. The Labute approximate surface area is 226 Å². The lowest BCUT2D eigenvalue weighted by Gasteiger charge is -2.45. The van der Waals surface area contributed by atoms with Crippen LogP contribution in [0.4, 0.5) is 5.69 Å². The molecule has 9 nitrogen and oxygen atoms in total. The van der Waals surface area contributed by atoms with Gasteiger partial charge in [-0.05, 0) is 31.5 Å². The number of hydrogen-bond donors (Lipinski definition) is 2. The van der Waals surface area contributed by atoms with Crippen molar-refractivity contribution in [3.63, 3.8) is 0 Å². The highest BCUT2D eigenvalue weighted by Crippen LogP contribution is 2.34. The number of anilines is 1. The molecule has 202 valence electrons.